The Morgan fingerprint density at radius 3 is 2.77 bits per heavy atom. The second kappa shape index (κ2) is 6.84. The number of hydrogen-bond donors (Lipinski definition) is 1. The van der Waals surface area contributed by atoms with Gasteiger partial charge in [0.1, 0.15) is 0 Å². The Bertz CT molecular complexity index is 1060. The van der Waals surface area contributed by atoms with Gasteiger partial charge < -0.3 is 5.32 Å². The maximum Gasteiger partial charge on any atom is 0.158 e. The van der Waals surface area contributed by atoms with E-state index in [2.05, 4.69) is 56.6 Å². The summed E-state index contributed by atoms with van der Waals surface area (Å²) in [5.74, 6) is 0. The molecule has 128 valence electrons. The minimum atomic E-state index is 0.752. The Morgan fingerprint density at radius 1 is 1.08 bits per heavy atom. The highest BCUT2D eigenvalue weighted by atomic mass is 15.0. The van der Waals surface area contributed by atoms with Gasteiger partial charge in [-0.05, 0) is 24.1 Å². The number of nitrogens with one attached hydrogen (secondary N) is 1. The summed E-state index contributed by atoms with van der Waals surface area (Å²) in [5, 5.41) is 3.41. The Morgan fingerprint density at radius 2 is 1.92 bits per heavy atom. The van der Waals surface area contributed by atoms with Crippen LogP contribution >= 0.6 is 0 Å². The number of imidazole rings is 1. The van der Waals surface area contributed by atoms with E-state index in [-0.39, 0.29) is 0 Å². The SMILES string of the molecule is C=C(NCc1ccccc1)c1cccc(-c2cnc(C)c3nccn23)c1. The molecule has 0 bridgehead atoms. The lowest BCUT2D eigenvalue weighted by Gasteiger charge is -2.12. The van der Waals surface area contributed by atoms with Gasteiger partial charge in [0, 0.05) is 30.2 Å². The molecule has 4 nitrogen and oxygen atoms in total. The van der Waals surface area contributed by atoms with Crippen molar-refractivity contribution in [2.45, 2.75) is 13.5 Å². The second-order valence-electron chi connectivity index (χ2n) is 6.25. The van der Waals surface area contributed by atoms with Gasteiger partial charge in [0.05, 0.1) is 17.6 Å². The molecule has 0 aliphatic heterocycles. The summed E-state index contributed by atoms with van der Waals surface area (Å²) in [6, 6.07) is 18.6. The molecule has 0 saturated heterocycles. The van der Waals surface area contributed by atoms with Gasteiger partial charge in [-0.15, -0.1) is 0 Å². The van der Waals surface area contributed by atoms with Crippen LogP contribution in [0.5, 0.6) is 0 Å². The van der Waals surface area contributed by atoms with Crippen LogP contribution in [0.4, 0.5) is 0 Å². The third-order valence-corrected chi connectivity index (χ3v) is 4.46. The fourth-order valence-corrected chi connectivity index (χ4v) is 3.03. The topological polar surface area (TPSA) is 42.2 Å². The van der Waals surface area contributed by atoms with Gasteiger partial charge in [-0.25, -0.2) is 4.98 Å². The van der Waals surface area contributed by atoms with Crippen LogP contribution in [0.25, 0.3) is 22.6 Å². The molecule has 0 aliphatic rings. The van der Waals surface area contributed by atoms with Gasteiger partial charge in [-0.1, -0.05) is 55.1 Å². The van der Waals surface area contributed by atoms with Crippen molar-refractivity contribution in [3.05, 3.63) is 96.6 Å². The molecule has 0 aliphatic carbocycles. The molecule has 1 N–H and O–H groups in total. The first-order valence-corrected chi connectivity index (χ1v) is 8.58. The molecule has 4 rings (SSSR count). The van der Waals surface area contributed by atoms with E-state index in [1.807, 2.05) is 43.6 Å². The van der Waals surface area contributed by atoms with Crippen molar-refractivity contribution >= 4 is 11.3 Å². The van der Waals surface area contributed by atoms with Crippen molar-refractivity contribution in [2.24, 2.45) is 0 Å². The molecule has 0 atom stereocenters. The molecule has 2 aromatic heterocycles. The van der Waals surface area contributed by atoms with Gasteiger partial charge in [-0.2, -0.15) is 0 Å². The van der Waals surface area contributed by atoms with E-state index < -0.39 is 0 Å². The number of aromatic nitrogens is 3. The zero-order chi connectivity index (χ0) is 17.9. The molecule has 2 aromatic carbocycles. The average Bonchev–Trinajstić information content (AvgIpc) is 3.18. The molecule has 0 spiro atoms. The van der Waals surface area contributed by atoms with Crippen molar-refractivity contribution in [3.8, 4) is 11.3 Å². The molecule has 0 fully saturated rings. The van der Waals surface area contributed by atoms with Crippen molar-refractivity contribution in [1.29, 1.82) is 0 Å². The molecule has 2 heterocycles. The summed E-state index contributed by atoms with van der Waals surface area (Å²) in [4.78, 5) is 8.88. The van der Waals surface area contributed by atoms with Crippen LogP contribution in [0.2, 0.25) is 0 Å². The van der Waals surface area contributed by atoms with Crippen LogP contribution in [0, 0.1) is 6.92 Å². The highest BCUT2D eigenvalue weighted by Crippen LogP contribution is 2.24. The summed E-state index contributed by atoms with van der Waals surface area (Å²) in [5.41, 5.74) is 7.09. The Hall–Kier alpha value is -3.40. The Balaban J connectivity index is 1.61. The van der Waals surface area contributed by atoms with Crippen LogP contribution in [-0.4, -0.2) is 14.4 Å². The number of nitrogens with zero attached hydrogens (tertiary/aromatic N) is 3. The van der Waals surface area contributed by atoms with Crippen molar-refractivity contribution < 1.29 is 0 Å². The molecule has 26 heavy (non-hydrogen) atoms. The zero-order valence-electron chi connectivity index (χ0n) is 14.7. The summed E-state index contributed by atoms with van der Waals surface area (Å²) < 4.78 is 2.07. The number of fused-ring (bicyclic) bond motifs is 1. The average molecular weight is 340 g/mol. The molecule has 0 unspecified atom stereocenters. The fraction of sp³-hybridized carbons (Fsp3) is 0.0909. The summed E-state index contributed by atoms with van der Waals surface area (Å²) in [6.07, 6.45) is 5.66. The highest BCUT2D eigenvalue weighted by molar-refractivity contribution is 5.70. The molecule has 0 saturated carbocycles. The van der Waals surface area contributed by atoms with Crippen molar-refractivity contribution in [1.82, 2.24) is 19.7 Å². The van der Waals surface area contributed by atoms with Crippen LogP contribution in [-0.2, 0) is 6.54 Å². The maximum atomic E-state index is 4.49. The molecule has 4 heteroatoms. The third kappa shape index (κ3) is 3.09. The number of aryl methyl sites for hydroxylation is 1. The number of benzene rings is 2. The minimum absolute atomic E-state index is 0.752. The Labute approximate surface area is 152 Å². The van der Waals surface area contributed by atoms with E-state index in [1.54, 1.807) is 6.20 Å². The fourth-order valence-electron chi connectivity index (χ4n) is 3.03. The first kappa shape index (κ1) is 16.1. The van der Waals surface area contributed by atoms with Crippen molar-refractivity contribution in [2.75, 3.05) is 0 Å². The van der Waals surface area contributed by atoms with E-state index in [1.165, 1.54) is 5.56 Å². The van der Waals surface area contributed by atoms with E-state index in [0.29, 0.717) is 0 Å². The summed E-state index contributed by atoms with van der Waals surface area (Å²) in [7, 11) is 0. The normalized spacial score (nSPS) is 10.8. The lowest BCUT2D eigenvalue weighted by molar-refractivity contribution is 0.892. The molecular formula is C22H20N4. The van der Waals surface area contributed by atoms with Crippen LogP contribution in [0.3, 0.4) is 0 Å². The van der Waals surface area contributed by atoms with E-state index in [0.717, 1.165) is 40.4 Å². The largest absolute Gasteiger partial charge is 0.381 e. The first-order valence-electron chi connectivity index (χ1n) is 8.58. The number of rotatable bonds is 5. The lowest BCUT2D eigenvalue weighted by Crippen LogP contribution is -2.10. The summed E-state index contributed by atoms with van der Waals surface area (Å²) >= 11 is 0. The van der Waals surface area contributed by atoms with Crippen LogP contribution < -0.4 is 5.32 Å². The van der Waals surface area contributed by atoms with Crippen LogP contribution in [0.1, 0.15) is 16.8 Å². The molecule has 4 aromatic rings. The van der Waals surface area contributed by atoms with Gasteiger partial charge in [0.2, 0.25) is 0 Å². The van der Waals surface area contributed by atoms with Gasteiger partial charge >= 0.3 is 0 Å². The zero-order valence-corrected chi connectivity index (χ0v) is 14.7. The predicted octanol–water partition coefficient (Wildman–Crippen LogP) is 4.47. The first-order chi connectivity index (χ1) is 12.7. The minimum Gasteiger partial charge on any atom is -0.381 e. The Kier molecular flexibility index (Phi) is 4.23. The van der Waals surface area contributed by atoms with Gasteiger partial charge in [-0.3, -0.25) is 9.38 Å². The quantitative estimate of drug-likeness (QED) is 0.583. The monoisotopic (exact) mass is 340 g/mol. The molecule has 0 amide bonds. The van der Waals surface area contributed by atoms with Crippen LogP contribution in [0.15, 0.2) is 79.8 Å². The van der Waals surface area contributed by atoms with E-state index >= 15 is 0 Å². The van der Waals surface area contributed by atoms with Crippen molar-refractivity contribution in [3.63, 3.8) is 0 Å². The molecule has 0 radical (unpaired) electrons. The smallest absolute Gasteiger partial charge is 0.158 e. The third-order valence-electron chi connectivity index (χ3n) is 4.46. The van der Waals surface area contributed by atoms with E-state index in [9.17, 15) is 0 Å². The number of hydrogen-bond acceptors (Lipinski definition) is 3. The molecular weight excluding hydrogens is 320 g/mol. The predicted molar refractivity (Wildman–Crippen MR) is 105 cm³/mol. The van der Waals surface area contributed by atoms with Gasteiger partial charge in [0.25, 0.3) is 0 Å². The summed E-state index contributed by atoms with van der Waals surface area (Å²) in [6.45, 7) is 6.92. The second-order valence-corrected chi connectivity index (χ2v) is 6.25. The van der Waals surface area contributed by atoms with E-state index in [4.69, 9.17) is 0 Å². The standard InChI is InChI=1S/C22H20N4/c1-16(24-14-18-7-4-3-5-8-18)19-9-6-10-20(13-19)21-15-25-17(2)22-23-11-12-26(21)22/h3-13,15,24H,1,14H2,2H3. The lowest BCUT2D eigenvalue weighted by atomic mass is 10.1. The maximum absolute atomic E-state index is 4.49. The highest BCUT2D eigenvalue weighted by Gasteiger charge is 2.09. The van der Waals surface area contributed by atoms with Gasteiger partial charge in [0.15, 0.2) is 5.65 Å².